The van der Waals surface area contributed by atoms with Crippen molar-refractivity contribution in [2.24, 2.45) is 5.92 Å². The van der Waals surface area contributed by atoms with Crippen molar-refractivity contribution in [2.45, 2.75) is 24.7 Å². The first-order valence-corrected chi connectivity index (χ1v) is 6.56. The highest BCUT2D eigenvalue weighted by Crippen LogP contribution is 2.35. The Balaban J connectivity index is 2.34. The number of amides is 1. The average Bonchev–Trinajstić information content (AvgIpc) is 2.29. The van der Waals surface area contributed by atoms with Crippen molar-refractivity contribution in [1.29, 1.82) is 5.26 Å². The van der Waals surface area contributed by atoms with E-state index in [2.05, 4.69) is 11.4 Å². The van der Waals surface area contributed by atoms with E-state index in [1.807, 2.05) is 32.0 Å². The van der Waals surface area contributed by atoms with Crippen molar-refractivity contribution in [3.8, 4) is 6.07 Å². The maximum Gasteiger partial charge on any atom is 0.234 e. The Kier molecular flexibility index (Phi) is 3.39. The summed E-state index contributed by atoms with van der Waals surface area (Å²) < 4.78 is 0. The maximum absolute atomic E-state index is 11.2. The molecule has 0 spiro atoms. The monoisotopic (exact) mass is 246 g/mol. The van der Waals surface area contributed by atoms with Gasteiger partial charge in [-0.05, 0) is 23.6 Å². The molecular weight excluding hydrogens is 232 g/mol. The molecule has 1 aromatic rings. The quantitative estimate of drug-likeness (QED) is 0.872. The highest BCUT2D eigenvalue weighted by atomic mass is 32.2. The molecule has 17 heavy (non-hydrogen) atoms. The van der Waals surface area contributed by atoms with Gasteiger partial charge in [-0.25, -0.2) is 0 Å². The van der Waals surface area contributed by atoms with Gasteiger partial charge in [0.15, 0.2) is 0 Å². The average molecular weight is 246 g/mol. The van der Waals surface area contributed by atoms with Gasteiger partial charge in [0.1, 0.15) is 0 Å². The number of anilines is 1. The van der Waals surface area contributed by atoms with E-state index in [4.69, 9.17) is 5.26 Å². The molecule has 0 aliphatic carbocycles. The van der Waals surface area contributed by atoms with Crippen molar-refractivity contribution < 1.29 is 4.79 Å². The molecule has 0 bridgehead atoms. The van der Waals surface area contributed by atoms with Gasteiger partial charge in [-0.3, -0.25) is 4.79 Å². The van der Waals surface area contributed by atoms with Crippen LogP contribution in [0.4, 0.5) is 5.69 Å². The summed E-state index contributed by atoms with van der Waals surface area (Å²) in [6.45, 7) is 4.09. The van der Waals surface area contributed by atoms with Gasteiger partial charge in [0.2, 0.25) is 5.91 Å². The number of hydrogen-bond donors (Lipinski definition) is 1. The summed E-state index contributed by atoms with van der Waals surface area (Å²) in [5, 5.41) is 12.0. The van der Waals surface area contributed by atoms with E-state index in [9.17, 15) is 4.79 Å². The Morgan fingerprint density at radius 1 is 1.47 bits per heavy atom. The number of hydrogen-bond acceptors (Lipinski definition) is 3. The predicted octanol–water partition coefficient (Wildman–Crippen LogP) is 2.99. The van der Waals surface area contributed by atoms with E-state index in [1.54, 1.807) is 0 Å². The Hall–Kier alpha value is -1.47. The molecule has 88 valence electrons. The highest BCUT2D eigenvalue weighted by Gasteiger charge is 2.19. The summed E-state index contributed by atoms with van der Waals surface area (Å²) in [6, 6.07) is 8.18. The van der Waals surface area contributed by atoms with Crippen LogP contribution in [-0.2, 0) is 4.79 Å². The first kappa shape index (κ1) is 12.0. The van der Waals surface area contributed by atoms with Gasteiger partial charge in [0.05, 0.1) is 23.4 Å². The largest absolute Gasteiger partial charge is 0.324 e. The number of carbonyl (C=O) groups excluding carboxylic acids is 1. The molecule has 1 aliphatic rings. The lowest BCUT2D eigenvalue weighted by Crippen LogP contribution is -2.18. The Bertz CT molecular complexity index is 491. The molecule has 1 atom stereocenters. The molecule has 1 amide bonds. The van der Waals surface area contributed by atoms with E-state index in [0.29, 0.717) is 11.7 Å². The van der Waals surface area contributed by atoms with Gasteiger partial charge >= 0.3 is 0 Å². The Morgan fingerprint density at radius 3 is 2.88 bits per heavy atom. The van der Waals surface area contributed by atoms with Crippen LogP contribution in [-0.4, -0.2) is 11.7 Å². The van der Waals surface area contributed by atoms with Crippen LogP contribution in [0.25, 0.3) is 0 Å². The van der Waals surface area contributed by atoms with E-state index in [0.717, 1.165) is 16.1 Å². The lowest BCUT2D eigenvalue weighted by molar-refractivity contribution is -0.113. The first-order valence-electron chi connectivity index (χ1n) is 5.58. The lowest BCUT2D eigenvalue weighted by Gasteiger charge is -2.19. The van der Waals surface area contributed by atoms with Crippen molar-refractivity contribution >= 4 is 23.4 Å². The molecule has 0 aromatic heterocycles. The van der Waals surface area contributed by atoms with Crippen molar-refractivity contribution in [1.82, 2.24) is 0 Å². The van der Waals surface area contributed by atoms with E-state index in [-0.39, 0.29) is 11.8 Å². The molecule has 3 nitrogen and oxygen atoms in total. The van der Waals surface area contributed by atoms with E-state index < -0.39 is 0 Å². The number of nitrogens with one attached hydrogen (secondary N) is 1. The fourth-order valence-corrected chi connectivity index (χ4v) is 2.75. The summed E-state index contributed by atoms with van der Waals surface area (Å²) in [4.78, 5) is 12.3. The van der Waals surface area contributed by atoms with E-state index >= 15 is 0 Å². The first-order chi connectivity index (χ1) is 8.11. The van der Waals surface area contributed by atoms with E-state index in [1.165, 1.54) is 11.8 Å². The van der Waals surface area contributed by atoms with Crippen LogP contribution in [0.3, 0.4) is 0 Å². The summed E-state index contributed by atoms with van der Waals surface area (Å²) in [7, 11) is 0. The van der Waals surface area contributed by atoms with Gasteiger partial charge in [-0.1, -0.05) is 19.9 Å². The molecule has 1 aromatic carbocycles. The summed E-state index contributed by atoms with van der Waals surface area (Å²) in [5.41, 5.74) is 1.89. The number of rotatable bonds is 2. The van der Waals surface area contributed by atoms with Crippen LogP contribution in [0.15, 0.2) is 23.1 Å². The number of nitrogens with zero attached hydrogens (tertiary/aromatic N) is 1. The van der Waals surface area contributed by atoms with Crippen molar-refractivity contribution in [3.05, 3.63) is 23.8 Å². The third-order valence-corrected chi connectivity index (χ3v) is 3.86. The molecule has 1 aliphatic heterocycles. The smallest absolute Gasteiger partial charge is 0.234 e. The number of fused-ring (bicyclic) bond motifs is 1. The third-order valence-electron chi connectivity index (χ3n) is 2.80. The second kappa shape index (κ2) is 4.80. The molecule has 1 N–H and O–H groups in total. The van der Waals surface area contributed by atoms with Gasteiger partial charge in [0, 0.05) is 4.90 Å². The zero-order valence-corrected chi connectivity index (χ0v) is 10.7. The van der Waals surface area contributed by atoms with Gasteiger partial charge in [0.25, 0.3) is 0 Å². The minimum absolute atomic E-state index is 0.0379. The molecular formula is C13H14N2OS. The van der Waals surface area contributed by atoms with Crippen LogP contribution in [0.1, 0.15) is 25.3 Å². The zero-order valence-electron chi connectivity index (χ0n) is 9.86. The lowest BCUT2D eigenvalue weighted by atomic mass is 9.90. The normalized spacial score (nSPS) is 16.0. The molecule has 1 heterocycles. The summed E-state index contributed by atoms with van der Waals surface area (Å²) in [5.74, 6) is 0.700. The Labute approximate surface area is 105 Å². The Morgan fingerprint density at radius 2 is 2.24 bits per heavy atom. The summed E-state index contributed by atoms with van der Waals surface area (Å²) in [6.07, 6.45) is 0. The predicted molar refractivity (Wildman–Crippen MR) is 69.0 cm³/mol. The third kappa shape index (κ3) is 2.45. The number of carbonyl (C=O) groups is 1. The molecule has 0 saturated carbocycles. The van der Waals surface area contributed by atoms with Crippen molar-refractivity contribution in [2.75, 3.05) is 11.1 Å². The van der Waals surface area contributed by atoms with Crippen molar-refractivity contribution in [3.63, 3.8) is 0 Å². The fraction of sp³-hybridized carbons (Fsp3) is 0.385. The topological polar surface area (TPSA) is 52.9 Å². The van der Waals surface area contributed by atoms with Gasteiger partial charge in [-0.15, -0.1) is 11.8 Å². The zero-order chi connectivity index (χ0) is 12.4. The maximum atomic E-state index is 11.2. The standard InChI is InChI=1S/C13H14N2OS/c1-8(2)10(6-14)9-3-4-11-12(5-9)17-7-13(16)15-11/h3-5,8,10H,7H2,1-2H3,(H,15,16). The minimum Gasteiger partial charge on any atom is -0.324 e. The number of benzene rings is 1. The molecule has 0 fully saturated rings. The summed E-state index contributed by atoms with van der Waals surface area (Å²) >= 11 is 1.53. The van der Waals surface area contributed by atoms with Crippen LogP contribution in [0.2, 0.25) is 0 Å². The molecule has 1 unspecified atom stereocenters. The van der Waals surface area contributed by atoms with Crippen LogP contribution in [0, 0.1) is 17.2 Å². The second-order valence-corrected chi connectivity index (χ2v) is 5.46. The molecule has 0 saturated heterocycles. The van der Waals surface area contributed by atoms with Crippen LogP contribution < -0.4 is 5.32 Å². The molecule has 4 heteroatoms. The van der Waals surface area contributed by atoms with Crippen LogP contribution >= 0.6 is 11.8 Å². The van der Waals surface area contributed by atoms with Gasteiger partial charge < -0.3 is 5.32 Å². The van der Waals surface area contributed by atoms with Gasteiger partial charge in [-0.2, -0.15) is 5.26 Å². The molecule has 0 radical (unpaired) electrons. The SMILES string of the molecule is CC(C)C(C#N)c1ccc2c(c1)SCC(=O)N2. The minimum atomic E-state index is -0.0847. The number of thioether (sulfide) groups is 1. The second-order valence-electron chi connectivity index (χ2n) is 4.44. The fourth-order valence-electron chi connectivity index (χ4n) is 1.89. The van der Waals surface area contributed by atoms with Crippen LogP contribution in [0.5, 0.6) is 0 Å². The number of nitriles is 1. The highest BCUT2D eigenvalue weighted by molar-refractivity contribution is 8.00. The molecule has 2 rings (SSSR count).